The maximum absolute atomic E-state index is 3.45. The predicted molar refractivity (Wildman–Crippen MR) is 77.8 cm³/mol. The fraction of sp³-hybridized carbons (Fsp3) is 0.625. The van der Waals surface area contributed by atoms with Crippen molar-refractivity contribution in [2.45, 2.75) is 33.2 Å². The van der Waals surface area contributed by atoms with E-state index in [1.54, 1.807) is 0 Å². The second-order valence-electron chi connectivity index (χ2n) is 5.53. The first-order valence-corrected chi connectivity index (χ1v) is 7.23. The number of benzene rings is 1. The van der Waals surface area contributed by atoms with Crippen LogP contribution in [0, 0.1) is 12.8 Å². The highest BCUT2D eigenvalue weighted by molar-refractivity contribution is 5.25. The molecule has 2 atom stereocenters. The summed E-state index contributed by atoms with van der Waals surface area (Å²) in [5, 5.41) is 3.45. The van der Waals surface area contributed by atoms with E-state index < -0.39 is 0 Å². The van der Waals surface area contributed by atoms with Gasteiger partial charge < -0.3 is 5.32 Å². The molecule has 1 aromatic carbocycles. The van der Waals surface area contributed by atoms with Crippen molar-refractivity contribution in [3.63, 3.8) is 0 Å². The normalized spacial score (nSPS) is 20.6. The van der Waals surface area contributed by atoms with Gasteiger partial charge in [0.1, 0.15) is 0 Å². The van der Waals surface area contributed by atoms with E-state index >= 15 is 0 Å². The lowest BCUT2D eigenvalue weighted by Gasteiger charge is -2.38. The van der Waals surface area contributed by atoms with Gasteiger partial charge in [0.05, 0.1) is 0 Å². The number of rotatable bonds is 4. The molecule has 1 heterocycles. The Kier molecular flexibility index (Phi) is 4.79. The number of hydrogen-bond acceptors (Lipinski definition) is 2. The Bertz CT molecular complexity index is 369. The van der Waals surface area contributed by atoms with Gasteiger partial charge in [-0.25, -0.2) is 0 Å². The standard InChI is InChI=1S/C16H26N2/c1-4-14(3)16(18-10-8-17-9-11-18)15-7-5-6-13(2)12-15/h5-7,12,14,16-17H,4,8-11H2,1-3H3/t14?,16-/m1/s1. The van der Waals surface area contributed by atoms with Crippen LogP contribution in [0.5, 0.6) is 0 Å². The first kappa shape index (κ1) is 13.6. The minimum Gasteiger partial charge on any atom is -0.314 e. The van der Waals surface area contributed by atoms with E-state index in [0.29, 0.717) is 12.0 Å². The Balaban J connectivity index is 2.23. The van der Waals surface area contributed by atoms with Crippen molar-refractivity contribution >= 4 is 0 Å². The van der Waals surface area contributed by atoms with Crippen LogP contribution in [0.15, 0.2) is 24.3 Å². The molecule has 1 unspecified atom stereocenters. The van der Waals surface area contributed by atoms with E-state index in [1.165, 1.54) is 30.6 Å². The molecule has 1 aromatic rings. The fourth-order valence-electron chi connectivity index (χ4n) is 2.94. The largest absolute Gasteiger partial charge is 0.314 e. The SMILES string of the molecule is CCC(C)[C@H](c1cccc(C)c1)N1CCNCC1. The number of nitrogens with zero attached hydrogens (tertiary/aromatic N) is 1. The first-order valence-electron chi connectivity index (χ1n) is 7.23. The molecular weight excluding hydrogens is 220 g/mol. The van der Waals surface area contributed by atoms with E-state index in [1.807, 2.05) is 0 Å². The number of aryl methyl sites for hydroxylation is 1. The minimum atomic E-state index is 0.581. The monoisotopic (exact) mass is 246 g/mol. The van der Waals surface area contributed by atoms with Gasteiger partial charge in [0.15, 0.2) is 0 Å². The van der Waals surface area contributed by atoms with Crippen LogP contribution in [-0.4, -0.2) is 31.1 Å². The highest BCUT2D eigenvalue weighted by atomic mass is 15.2. The number of piperazine rings is 1. The van der Waals surface area contributed by atoms with Gasteiger partial charge in [-0.2, -0.15) is 0 Å². The van der Waals surface area contributed by atoms with Gasteiger partial charge >= 0.3 is 0 Å². The van der Waals surface area contributed by atoms with Crippen molar-refractivity contribution in [3.05, 3.63) is 35.4 Å². The summed E-state index contributed by atoms with van der Waals surface area (Å²) < 4.78 is 0. The summed E-state index contributed by atoms with van der Waals surface area (Å²) in [5.41, 5.74) is 2.86. The quantitative estimate of drug-likeness (QED) is 0.878. The Morgan fingerprint density at radius 1 is 1.28 bits per heavy atom. The van der Waals surface area contributed by atoms with Gasteiger partial charge in [0.2, 0.25) is 0 Å². The van der Waals surface area contributed by atoms with Crippen molar-refractivity contribution in [3.8, 4) is 0 Å². The maximum Gasteiger partial charge on any atom is 0.0374 e. The number of hydrogen-bond donors (Lipinski definition) is 1. The third-order valence-electron chi connectivity index (χ3n) is 4.11. The molecule has 0 amide bonds. The fourth-order valence-corrected chi connectivity index (χ4v) is 2.94. The van der Waals surface area contributed by atoms with E-state index in [4.69, 9.17) is 0 Å². The van der Waals surface area contributed by atoms with E-state index in [9.17, 15) is 0 Å². The lowest BCUT2D eigenvalue weighted by Crippen LogP contribution is -2.46. The molecule has 1 N–H and O–H groups in total. The molecule has 100 valence electrons. The summed E-state index contributed by atoms with van der Waals surface area (Å²) in [5.74, 6) is 0.713. The zero-order valence-corrected chi connectivity index (χ0v) is 11.9. The summed E-state index contributed by atoms with van der Waals surface area (Å²) >= 11 is 0. The Labute approximate surface area is 111 Å². The Morgan fingerprint density at radius 3 is 2.61 bits per heavy atom. The first-order chi connectivity index (χ1) is 8.72. The van der Waals surface area contributed by atoms with Gasteiger partial charge in [-0.15, -0.1) is 0 Å². The zero-order chi connectivity index (χ0) is 13.0. The van der Waals surface area contributed by atoms with Crippen molar-refractivity contribution in [1.82, 2.24) is 10.2 Å². The topological polar surface area (TPSA) is 15.3 Å². The lowest BCUT2D eigenvalue weighted by molar-refractivity contribution is 0.128. The second kappa shape index (κ2) is 6.35. The molecule has 0 saturated carbocycles. The van der Waals surface area contributed by atoms with Crippen LogP contribution in [0.3, 0.4) is 0 Å². The van der Waals surface area contributed by atoms with Crippen LogP contribution in [0.4, 0.5) is 0 Å². The van der Waals surface area contributed by atoms with Crippen molar-refractivity contribution in [2.24, 2.45) is 5.92 Å². The molecule has 1 fully saturated rings. The van der Waals surface area contributed by atoms with Gasteiger partial charge in [0, 0.05) is 32.2 Å². The molecule has 1 aliphatic rings. The summed E-state index contributed by atoms with van der Waals surface area (Å²) in [6.45, 7) is 11.5. The molecule has 2 heteroatoms. The van der Waals surface area contributed by atoms with Gasteiger partial charge in [-0.05, 0) is 18.4 Å². The zero-order valence-electron chi connectivity index (χ0n) is 11.9. The lowest BCUT2D eigenvalue weighted by atomic mass is 9.90. The molecule has 1 saturated heterocycles. The third kappa shape index (κ3) is 3.12. The van der Waals surface area contributed by atoms with Gasteiger partial charge in [0.25, 0.3) is 0 Å². The van der Waals surface area contributed by atoms with Gasteiger partial charge in [-0.3, -0.25) is 4.90 Å². The third-order valence-corrected chi connectivity index (χ3v) is 4.11. The van der Waals surface area contributed by atoms with Crippen LogP contribution in [0.25, 0.3) is 0 Å². The Morgan fingerprint density at radius 2 is 2.00 bits per heavy atom. The summed E-state index contributed by atoms with van der Waals surface area (Å²) in [7, 11) is 0. The Hall–Kier alpha value is -0.860. The van der Waals surface area contributed by atoms with Crippen LogP contribution in [-0.2, 0) is 0 Å². The molecule has 18 heavy (non-hydrogen) atoms. The van der Waals surface area contributed by atoms with Crippen molar-refractivity contribution < 1.29 is 0 Å². The molecule has 0 aliphatic carbocycles. The molecule has 0 radical (unpaired) electrons. The molecule has 0 aromatic heterocycles. The summed E-state index contributed by atoms with van der Waals surface area (Å²) in [6, 6.07) is 9.62. The molecule has 2 nitrogen and oxygen atoms in total. The average molecular weight is 246 g/mol. The molecular formula is C16H26N2. The van der Waals surface area contributed by atoms with Crippen molar-refractivity contribution in [1.29, 1.82) is 0 Å². The smallest absolute Gasteiger partial charge is 0.0374 e. The summed E-state index contributed by atoms with van der Waals surface area (Å²) in [4.78, 5) is 2.65. The van der Waals surface area contributed by atoms with Crippen LogP contribution < -0.4 is 5.32 Å². The second-order valence-corrected chi connectivity index (χ2v) is 5.53. The maximum atomic E-state index is 3.45. The number of nitrogens with one attached hydrogen (secondary N) is 1. The van der Waals surface area contributed by atoms with Gasteiger partial charge in [-0.1, -0.05) is 50.1 Å². The highest BCUT2D eigenvalue weighted by Crippen LogP contribution is 2.31. The van der Waals surface area contributed by atoms with E-state index in [2.05, 4.69) is 55.3 Å². The molecule has 1 aliphatic heterocycles. The van der Waals surface area contributed by atoms with E-state index in [-0.39, 0.29) is 0 Å². The average Bonchev–Trinajstić information content (AvgIpc) is 2.40. The predicted octanol–water partition coefficient (Wildman–Crippen LogP) is 2.99. The van der Waals surface area contributed by atoms with Crippen molar-refractivity contribution in [2.75, 3.05) is 26.2 Å². The summed E-state index contributed by atoms with van der Waals surface area (Å²) in [6.07, 6.45) is 1.24. The highest BCUT2D eigenvalue weighted by Gasteiger charge is 2.26. The van der Waals surface area contributed by atoms with Crippen LogP contribution in [0.2, 0.25) is 0 Å². The van der Waals surface area contributed by atoms with Crippen LogP contribution >= 0.6 is 0 Å². The molecule has 0 spiro atoms. The van der Waals surface area contributed by atoms with E-state index in [0.717, 1.165) is 13.1 Å². The molecule has 0 bridgehead atoms. The van der Waals surface area contributed by atoms with Crippen LogP contribution in [0.1, 0.15) is 37.4 Å². The minimum absolute atomic E-state index is 0.581. The molecule has 2 rings (SSSR count).